The van der Waals surface area contributed by atoms with Crippen LogP contribution in [0.4, 0.5) is 0 Å². The molecule has 0 saturated carbocycles. The van der Waals surface area contributed by atoms with Crippen molar-refractivity contribution in [3.05, 3.63) is 0 Å². The minimum Gasteiger partial charge on any atom is -0.458 e. The lowest BCUT2D eigenvalue weighted by molar-refractivity contribution is -0.223. The SMILES string of the molecule is COC1CC(NC(C)=O)C(OC(C)=O)C(C)O1. The molecule has 1 aliphatic heterocycles. The second kappa shape index (κ2) is 5.97. The van der Waals surface area contributed by atoms with Gasteiger partial charge in [-0.2, -0.15) is 0 Å². The number of ether oxygens (including phenoxy) is 3. The Morgan fingerprint density at radius 2 is 2.00 bits per heavy atom. The summed E-state index contributed by atoms with van der Waals surface area (Å²) in [4.78, 5) is 22.1. The molecule has 4 atom stereocenters. The Kier molecular flexibility index (Phi) is 4.89. The standard InChI is InChI=1S/C11H19NO5/c1-6-11(17-8(3)14)9(12-7(2)13)5-10(15-4)16-6/h6,9-11H,5H2,1-4H3,(H,12,13). The highest BCUT2D eigenvalue weighted by Gasteiger charge is 2.39. The van der Waals surface area contributed by atoms with Crippen molar-refractivity contribution in [3.63, 3.8) is 0 Å². The molecular formula is C11H19NO5. The lowest BCUT2D eigenvalue weighted by atomic mass is 9.99. The first kappa shape index (κ1) is 13.9. The number of hydrogen-bond acceptors (Lipinski definition) is 5. The summed E-state index contributed by atoms with van der Waals surface area (Å²) in [5.41, 5.74) is 0. The minimum absolute atomic E-state index is 0.170. The van der Waals surface area contributed by atoms with Crippen molar-refractivity contribution in [2.24, 2.45) is 0 Å². The van der Waals surface area contributed by atoms with Gasteiger partial charge in [0.2, 0.25) is 5.91 Å². The van der Waals surface area contributed by atoms with E-state index in [1.54, 1.807) is 6.92 Å². The van der Waals surface area contributed by atoms with Crippen molar-refractivity contribution in [3.8, 4) is 0 Å². The molecule has 0 spiro atoms. The first-order valence-corrected chi connectivity index (χ1v) is 5.56. The van der Waals surface area contributed by atoms with E-state index in [-0.39, 0.29) is 18.1 Å². The van der Waals surface area contributed by atoms with Gasteiger partial charge in [0.25, 0.3) is 0 Å². The molecule has 0 bridgehead atoms. The highest BCUT2D eigenvalue weighted by molar-refractivity contribution is 5.73. The lowest BCUT2D eigenvalue weighted by Crippen LogP contribution is -2.56. The van der Waals surface area contributed by atoms with Crippen LogP contribution < -0.4 is 5.32 Å². The maximum Gasteiger partial charge on any atom is 0.303 e. The van der Waals surface area contributed by atoms with E-state index in [2.05, 4.69) is 5.32 Å². The first-order chi connectivity index (χ1) is 7.93. The number of rotatable bonds is 3. The third kappa shape index (κ3) is 3.98. The molecule has 1 heterocycles. The van der Waals surface area contributed by atoms with Crippen LogP contribution in [0.1, 0.15) is 27.2 Å². The van der Waals surface area contributed by atoms with Crippen LogP contribution in [-0.2, 0) is 23.8 Å². The Morgan fingerprint density at radius 1 is 1.35 bits per heavy atom. The van der Waals surface area contributed by atoms with Crippen molar-refractivity contribution < 1.29 is 23.8 Å². The number of carbonyl (C=O) groups is 2. The second-order valence-electron chi connectivity index (χ2n) is 4.12. The van der Waals surface area contributed by atoms with Gasteiger partial charge in [0.05, 0.1) is 12.1 Å². The Bertz CT molecular complexity index is 294. The Balaban J connectivity index is 2.74. The van der Waals surface area contributed by atoms with E-state index in [1.807, 2.05) is 0 Å². The Labute approximate surface area is 101 Å². The van der Waals surface area contributed by atoms with E-state index in [9.17, 15) is 9.59 Å². The van der Waals surface area contributed by atoms with Gasteiger partial charge in [0.15, 0.2) is 6.29 Å². The van der Waals surface area contributed by atoms with Gasteiger partial charge < -0.3 is 19.5 Å². The number of amides is 1. The first-order valence-electron chi connectivity index (χ1n) is 5.56. The third-order valence-electron chi connectivity index (χ3n) is 2.63. The summed E-state index contributed by atoms with van der Waals surface area (Å²) < 4.78 is 15.8. The molecule has 6 nitrogen and oxygen atoms in total. The monoisotopic (exact) mass is 245 g/mol. The molecule has 0 aromatic rings. The lowest BCUT2D eigenvalue weighted by Gasteiger charge is -2.39. The van der Waals surface area contributed by atoms with Crippen LogP contribution in [0, 0.1) is 0 Å². The van der Waals surface area contributed by atoms with Crippen molar-refractivity contribution in [1.82, 2.24) is 5.32 Å². The molecule has 0 radical (unpaired) electrons. The Hall–Kier alpha value is -1.14. The van der Waals surface area contributed by atoms with Crippen molar-refractivity contribution in [2.75, 3.05) is 7.11 Å². The van der Waals surface area contributed by atoms with Crippen molar-refractivity contribution in [2.45, 2.75) is 51.7 Å². The Morgan fingerprint density at radius 3 is 2.47 bits per heavy atom. The summed E-state index contributed by atoms with van der Waals surface area (Å²) >= 11 is 0. The molecule has 4 unspecified atom stereocenters. The molecule has 1 N–H and O–H groups in total. The van der Waals surface area contributed by atoms with Crippen molar-refractivity contribution in [1.29, 1.82) is 0 Å². The zero-order valence-corrected chi connectivity index (χ0v) is 10.6. The van der Waals surface area contributed by atoms with Crippen LogP contribution in [0.3, 0.4) is 0 Å². The molecule has 17 heavy (non-hydrogen) atoms. The van der Waals surface area contributed by atoms with Gasteiger partial charge in [-0.1, -0.05) is 0 Å². The third-order valence-corrected chi connectivity index (χ3v) is 2.63. The molecule has 0 aliphatic carbocycles. The molecule has 6 heteroatoms. The van der Waals surface area contributed by atoms with E-state index >= 15 is 0 Å². The van der Waals surface area contributed by atoms with E-state index in [0.29, 0.717) is 6.42 Å². The van der Waals surface area contributed by atoms with Gasteiger partial charge in [0.1, 0.15) is 6.10 Å². The van der Waals surface area contributed by atoms with E-state index in [1.165, 1.54) is 21.0 Å². The van der Waals surface area contributed by atoms with Gasteiger partial charge in [0, 0.05) is 27.4 Å². The molecule has 0 aromatic carbocycles. The summed E-state index contributed by atoms with van der Waals surface area (Å²) in [6.45, 7) is 4.54. The fraction of sp³-hybridized carbons (Fsp3) is 0.818. The van der Waals surface area contributed by atoms with E-state index < -0.39 is 18.4 Å². The van der Waals surface area contributed by atoms with Crippen LogP contribution in [-0.4, -0.2) is 43.5 Å². The van der Waals surface area contributed by atoms with Gasteiger partial charge in [-0.25, -0.2) is 0 Å². The average Bonchev–Trinajstić information content (AvgIpc) is 2.21. The molecule has 1 rings (SSSR count). The smallest absolute Gasteiger partial charge is 0.303 e. The zero-order valence-electron chi connectivity index (χ0n) is 10.6. The molecule has 98 valence electrons. The molecule has 1 amide bonds. The predicted molar refractivity (Wildman–Crippen MR) is 59.1 cm³/mol. The largest absolute Gasteiger partial charge is 0.458 e. The maximum atomic E-state index is 11.1. The van der Waals surface area contributed by atoms with Crippen molar-refractivity contribution >= 4 is 11.9 Å². The van der Waals surface area contributed by atoms with Gasteiger partial charge in [-0.3, -0.25) is 9.59 Å². The summed E-state index contributed by atoms with van der Waals surface area (Å²) in [5, 5.41) is 2.76. The van der Waals surface area contributed by atoms with Crippen LogP contribution >= 0.6 is 0 Å². The molecule has 1 fully saturated rings. The van der Waals surface area contributed by atoms with Gasteiger partial charge >= 0.3 is 5.97 Å². The number of nitrogens with one attached hydrogen (secondary N) is 1. The van der Waals surface area contributed by atoms with E-state index in [0.717, 1.165) is 0 Å². The van der Waals surface area contributed by atoms with Gasteiger partial charge in [-0.15, -0.1) is 0 Å². The number of carbonyl (C=O) groups excluding carboxylic acids is 2. The van der Waals surface area contributed by atoms with Crippen LogP contribution in [0.15, 0.2) is 0 Å². The fourth-order valence-electron chi connectivity index (χ4n) is 1.96. The van der Waals surface area contributed by atoms with E-state index in [4.69, 9.17) is 14.2 Å². The second-order valence-corrected chi connectivity index (χ2v) is 4.12. The fourth-order valence-corrected chi connectivity index (χ4v) is 1.96. The average molecular weight is 245 g/mol. The number of hydrogen-bond donors (Lipinski definition) is 1. The quantitative estimate of drug-likeness (QED) is 0.719. The highest BCUT2D eigenvalue weighted by atomic mass is 16.7. The molecule has 1 saturated heterocycles. The summed E-state index contributed by atoms with van der Waals surface area (Å²) in [6.07, 6.45) is -0.746. The highest BCUT2D eigenvalue weighted by Crippen LogP contribution is 2.23. The van der Waals surface area contributed by atoms with Crippen LogP contribution in [0.5, 0.6) is 0 Å². The number of methoxy groups -OCH3 is 1. The molecular weight excluding hydrogens is 226 g/mol. The summed E-state index contributed by atoms with van der Waals surface area (Å²) in [6, 6.07) is -0.287. The topological polar surface area (TPSA) is 73.9 Å². The van der Waals surface area contributed by atoms with Crippen LogP contribution in [0.2, 0.25) is 0 Å². The molecule has 1 aliphatic rings. The predicted octanol–water partition coefficient (Wildman–Crippen LogP) is 0.204. The maximum absolute atomic E-state index is 11.1. The normalized spacial score (nSPS) is 32.9. The minimum atomic E-state index is -0.484. The van der Waals surface area contributed by atoms with Crippen LogP contribution in [0.25, 0.3) is 0 Å². The number of esters is 1. The zero-order chi connectivity index (χ0) is 13.0. The summed E-state index contributed by atoms with van der Waals surface area (Å²) in [5.74, 6) is -0.562. The molecule has 0 aromatic heterocycles. The summed E-state index contributed by atoms with van der Waals surface area (Å²) in [7, 11) is 1.54. The van der Waals surface area contributed by atoms with Gasteiger partial charge in [-0.05, 0) is 6.92 Å².